The Bertz CT molecular complexity index is 424. The molecule has 112 valence electrons. The van der Waals surface area contributed by atoms with Gasteiger partial charge < -0.3 is 0 Å². The minimum Gasteiger partial charge on any atom is -0.282 e. The summed E-state index contributed by atoms with van der Waals surface area (Å²) in [6, 6.07) is 8.28. The Kier molecular flexibility index (Phi) is 6.45. The Morgan fingerprint density at radius 2 is 1.75 bits per heavy atom. The first-order chi connectivity index (χ1) is 9.35. The van der Waals surface area contributed by atoms with Gasteiger partial charge in [0.2, 0.25) is 5.12 Å². The van der Waals surface area contributed by atoms with Crippen molar-refractivity contribution < 1.29 is 26.7 Å². The SMILES string of the molecule is O=C(SCCCC(F)C(F)(F)C(F)F)c1ccccc1. The number of thioether (sulfide) groups is 1. The van der Waals surface area contributed by atoms with E-state index in [0.29, 0.717) is 5.56 Å². The van der Waals surface area contributed by atoms with Gasteiger partial charge in [-0.05, 0) is 12.8 Å². The highest BCUT2D eigenvalue weighted by Gasteiger charge is 2.48. The molecule has 0 N–H and O–H groups in total. The van der Waals surface area contributed by atoms with Crippen LogP contribution in [-0.2, 0) is 0 Å². The molecular formula is C13H13F5OS. The van der Waals surface area contributed by atoms with Crippen LogP contribution >= 0.6 is 11.8 Å². The molecule has 0 saturated heterocycles. The molecule has 1 nitrogen and oxygen atoms in total. The van der Waals surface area contributed by atoms with Gasteiger partial charge in [-0.3, -0.25) is 4.79 Å². The lowest BCUT2D eigenvalue weighted by molar-refractivity contribution is -0.171. The van der Waals surface area contributed by atoms with Crippen LogP contribution in [0.15, 0.2) is 30.3 Å². The summed E-state index contributed by atoms with van der Waals surface area (Å²) in [5.41, 5.74) is 0.451. The zero-order valence-corrected chi connectivity index (χ0v) is 11.2. The molecule has 0 fully saturated rings. The highest BCUT2D eigenvalue weighted by Crippen LogP contribution is 2.31. The number of carbonyl (C=O) groups excluding carboxylic acids is 1. The van der Waals surface area contributed by atoms with Crippen molar-refractivity contribution >= 4 is 16.9 Å². The summed E-state index contributed by atoms with van der Waals surface area (Å²) < 4.78 is 61.9. The van der Waals surface area contributed by atoms with Crippen molar-refractivity contribution in [2.45, 2.75) is 31.4 Å². The lowest BCUT2D eigenvalue weighted by atomic mass is 10.1. The minimum absolute atomic E-state index is 0.0767. The molecule has 0 aliphatic rings. The minimum atomic E-state index is -4.63. The number of carbonyl (C=O) groups is 1. The van der Waals surface area contributed by atoms with Gasteiger partial charge in [-0.15, -0.1) is 0 Å². The van der Waals surface area contributed by atoms with Crippen molar-refractivity contribution in [2.24, 2.45) is 0 Å². The van der Waals surface area contributed by atoms with E-state index in [-0.39, 0.29) is 17.3 Å². The van der Waals surface area contributed by atoms with Crippen molar-refractivity contribution in [3.05, 3.63) is 35.9 Å². The van der Waals surface area contributed by atoms with Gasteiger partial charge in [-0.2, -0.15) is 8.78 Å². The number of halogens is 5. The van der Waals surface area contributed by atoms with Gasteiger partial charge in [0.15, 0.2) is 6.17 Å². The summed E-state index contributed by atoms with van der Waals surface area (Å²) in [5.74, 6) is -4.53. The Morgan fingerprint density at radius 3 is 2.30 bits per heavy atom. The maximum Gasteiger partial charge on any atom is 0.337 e. The average molecular weight is 312 g/mol. The maximum absolute atomic E-state index is 13.0. The van der Waals surface area contributed by atoms with E-state index >= 15 is 0 Å². The molecule has 1 aromatic carbocycles. The predicted molar refractivity (Wildman–Crippen MR) is 68.3 cm³/mol. The molecule has 1 rings (SSSR count). The lowest BCUT2D eigenvalue weighted by Gasteiger charge is -2.19. The third kappa shape index (κ3) is 4.77. The molecule has 1 unspecified atom stereocenters. The zero-order valence-electron chi connectivity index (χ0n) is 10.4. The lowest BCUT2D eigenvalue weighted by Crippen LogP contribution is -2.37. The Hall–Kier alpha value is -1.11. The van der Waals surface area contributed by atoms with Crippen molar-refractivity contribution in [1.29, 1.82) is 0 Å². The number of hydrogen-bond acceptors (Lipinski definition) is 2. The Morgan fingerprint density at radius 1 is 1.15 bits per heavy atom. The second-order valence-corrected chi connectivity index (χ2v) is 5.15. The molecule has 1 atom stereocenters. The molecule has 7 heteroatoms. The highest BCUT2D eigenvalue weighted by atomic mass is 32.2. The number of hydrogen-bond donors (Lipinski definition) is 0. The molecule has 0 radical (unpaired) electrons. The van der Waals surface area contributed by atoms with Gasteiger partial charge in [-0.1, -0.05) is 42.1 Å². The number of alkyl halides is 5. The molecule has 0 saturated carbocycles. The third-order valence-electron chi connectivity index (χ3n) is 2.55. The first-order valence-electron chi connectivity index (χ1n) is 5.88. The van der Waals surface area contributed by atoms with Crippen LogP contribution in [0.25, 0.3) is 0 Å². The topological polar surface area (TPSA) is 17.1 Å². The predicted octanol–water partition coefficient (Wildman–Crippen LogP) is 4.58. The van der Waals surface area contributed by atoms with Gasteiger partial charge in [0.1, 0.15) is 0 Å². The molecular weight excluding hydrogens is 299 g/mol. The Balaban J connectivity index is 2.30. The van der Waals surface area contributed by atoms with Crippen molar-refractivity contribution in [2.75, 3.05) is 5.75 Å². The summed E-state index contributed by atoms with van der Waals surface area (Å²) in [7, 11) is 0. The largest absolute Gasteiger partial charge is 0.337 e. The molecule has 0 aromatic heterocycles. The fourth-order valence-electron chi connectivity index (χ4n) is 1.41. The first kappa shape index (κ1) is 16.9. The summed E-state index contributed by atoms with van der Waals surface area (Å²) >= 11 is 0.853. The van der Waals surface area contributed by atoms with Gasteiger partial charge >= 0.3 is 12.3 Å². The second-order valence-electron chi connectivity index (χ2n) is 4.09. The quantitative estimate of drug-likeness (QED) is 0.541. The van der Waals surface area contributed by atoms with Crippen LogP contribution in [-0.4, -0.2) is 29.4 Å². The first-order valence-corrected chi connectivity index (χ1v) is 6.86. The van der Waals surface area contributed by atoms with Crippen molar-refractivity contribution in [3.63, 3.8) is 0 Å². The van der Waals surface area contributed by atoms with Crippen molar-refractivity contribution in [3.8, 4) is 0 Å². The summed E-state index contributed by atoms with van der Waals surface area (Å²) in [4.78, 5) is 11.6. The van der Waals surface area contributed by atoms with E-state index in [0.717, 1.165) is 11.8 Å². The summed E-state index contributed by atoms with van der Waals surface area (Å²) in [6.45, 7) is 0. The fourth-order valence-corrected chi connectivity index (χ4v) is 2.21. The van der Waals surface area contributed by atoms with Crippen LogP contribution in [0.3, 0.4) is 0 Å². The second kappa shape index (κ2) is 7.61. The number of benzene rings is 1. The van der Waals surface area contributed by atoms with Gasteiger partial charge in [-0.25, -0.2) is 13.2 Å². The van der Waals surface area contributed by atoms with E-state index in [1.54, 1.807) is 30.3 Å². The summed E-state index contributed by atoms with van der Waals surface area (Å²) in [5, 5.41) is -0.262. The normalized spacial score (nSPS) is 13.5. The third-order valence-corrected chi connectivity index (χ3v) is 3.54. The van der Waals surface area contributed by atoms with E-state index in [1.807, 2.05) is 0 Å². The smallest absolute Gasteiger partial charge is 0.282 e. The van der Waals surface area contributed by atoms with E-state index in [9.17, 15) is 26.7 Å². The van der Waals surface area contributed by atoms with E-state index in [2.05, 4.69) is 0 Å². The average Bonchev–Trinajstić information content (AvgIpc) is 2.43. The molecule has 0 amide bonds. The highest BCUT2D eigenvalue weighted by molar-refractivity contribution is 8.14. The van der Waals surface area contributed by atoms with Crippen LogP contribution in [0.4, 0.5) is 22.0 Å². The standard InChI is InChI=1S/C13H13F5OS/c14-10(13(17,18)12(15)16)7-4-8-20-11(19)9-5-2-1-3-6-9/h1-3,5-6,10,12H,4,7-8H2. The molecule has 0 heterocycles. The van der Waals surface area contributed by atoms with E-state index in [1.165, 1.54) is 0 Å². The fraction of sp³-hybridized carbons (Fsp3) is 0.462. The molecule has 0 spiro atoms. The van der Waals surface area contributed by atoms with Crippen LogP contribution in [0, 0.1) is 0 Å². The van der Waals surface area contributed by atoms with Gasteiger partial charge in [0.05, 0.1) is 0 Å². The van der Waals surface area contributed by atoms with Crippen LogP contribution in [0.5, 0.6) is 0 Å². The van der Waals surface area contributed by atoms with E-state index < -0.39 is 24.9 Å². The monoisotopic (exact) mass is 312 g/mol. The molecule has 20 heavy (non-hydrogen) atoms. The van der Waals surface area contributed by atoms with Crippen LogP contribution < -0.4 is 0 Å². The Labute approximate surface area is 117 Å². The molecule has 0 aliphatic heterocycles. The van der Waals surface area contributed by atoms with Gasteiger partial charge in [0, 0.05) is 11.3 Å². The van der Waals surface area contributed by atoms with E-state index in [4.69, 9.17) is 0 Å². The zero-order chi connectivity index (χ0) is 15.2. The van der Waals surface area contributed by atoms with Crippen LogP contribution in [0.2, 0.25) is 0 Å². The number of rotatable bonds is 7. The molecule has 1 aromatic rings. The van der Waals surface area contributed by atoms with Crippen LogP contribution in [0.1, 0.15) is 23.2 Å². The van der Waals surface area contributed by atoms with Gasteiger partial charge in [0.25, 0.3) is 0 Å². The van der Waals surface area contributed by atoms with Crippen molar-refractivity contribution in [1.82, 2.24) is 0 Å². The molecule has 0 aliphatic carbocycles. The summed E-state index contributed by atoms with van der Waals surface area (Å²) in [6.07, 6.45) is -7.69. The maximum atomic E-state index is 13.0. The molecule has 0 bridgehead atoms.